The largest absolute Gasteiger partial charge is 0.492 e. The van der Waals surface area contributed by atoms with E-state index >= 15 is 0 Å². The van der Waals surface area contributed by atoms with Gasteiger partial charge in [-0.3, -0.25) is 4.79 Å². The third kappa shape index (κ3) is 3.38. The molecule has 0 radical (unpaired) electrons. The molecule has 0 spiro atoms. The summed E-state index contributed by atoms with van der Waals surface area (Å²) in [5.74, 6) is 0.987. The lowest BCUT2D eigenvalue weighted by Crippen LogP contribution is -2.45. The van der Waals surface area contributed by atoms with E-state index in [-0.39, 0.29) is 17.2 Å². The normalized spacial score (nSPS) is 23.8. The maximum Gasteiger partial charge on any atom is 0.226 e. The number of hydrogen-bond donors (Lipinski definition) is 2. The standard InChI is InChI=1S/C17H24N2O2/c1-17(6-8-18-9-7-17)12-19-16(20)14-10-13-4-2-3-5-15(13)21-11-14/h2-5,14,18H,6-12H2,1H3,(H,19,20). The van der Waals surface area contributed by atoms with Crippen LogP contribution in [-0.2, 0) is 11.2 Å². The summed E-state index contributed by atoms with van der Waals surface area (Å²) in [5.41, 5.74) is 1.37. The van der Waals surface area contributed by atoms with Gasteiger partial charge in [0.15, 0.2) is 0 Å². The summed E-state index contributed by atoms with van der Waals surface area (Å²) >= 11 is 0. The molecule has 2 aliphatic heterocycles. The van der Waals surface area contributed by atoms with Crippen molar-refractivity contribution >= 4 is 5.91 Å². The quantitative estimate of drug-likeness (QED) is 0.891. The minimum atomic E-state index is -0.0646. The summed E-state index contributed by atoms with van der Waals surface area (Å²) in [6.45, 7) is 5.62. The van der Waals surface area contributed by atoms with Gasteiger partial charge in [0.1, 0.15) is 12.4 Å². The zero-order valence-corrected chi connectivity index (χ0v) is 12.7. The van der Waals surface area contributed by atoms with Crippen LogP contribution in [0.15, 0.2) is 24.3 Å². The van der Waals surface area contributed by atoms with Gasteiger partial charge in [0.2, 0.25) is 5.91 Å². The van der Waals surface area contributed by atoms with Gasteiger partial charge in [0.05, 0.1) is 5.92 Å². The summed E-state index contributed by atoms with van der Waals surface area (Å²) in [6, 6.07) is 7.98. The zero-order valence-electron chi connectivity index (χ0n) is 12.7. The number of fused-ring (bicyclic) bond motifs is 1. The van der Waals surface area contributed by atoms with Crippen LogP contribution in [-0.4, -0.2) is 32.1 Å². The van der Waals surface area contributed by atoms with Crippen molar-refractivity contribution in [2.75, 3.05) is 26.2 Å². The van der Waals surface area contributed by atoms with Crippen LogP contribution in [0.25, 0.3) is 0 Å². The highest BCUT2D eigenvalue weighted by Crippen LogP contribution is 2.28. The van der Waals surface area contributed by atoms with Gasteiger partial charge in [-0.15, -0.1) is 0 Å². The Kier molecular flexibility index (Phi) is 4.15. The summed E-state index contributed by atoms with van der Waals surface area (Å²) < 4.78 is 5.70. The lowest BCUT2D eigenvalue weighted by Gasteiger charge is -2.35. The fourth-order valence-corrected chi connectivity index (χ4v) is 3.15. The van der Waals surface area contributed by atoms with Gasteiger partial charge >= 0.3 is 0 Å². The zero-order chi connectivity index (χ0) is 14.7. The van der Waals surface area contributed by atoms with Crippen molar-refractivity contribution in [3.63, 3.8) is 0 Å². The molecule has 2 aliphatic rings. The van der Waals surface area contributed by atoms with E-state index in [0.29, 0.717) is 6.61 Å². The van der Waals surface area contributed by atoms with Crippen molar-refractivity contribution in [1.29, 1.82) is 0 Å². The second-order valence-corrected chi connectivity index (χ2v) is 6.60. The lowest BCUT2D eigenvalue weighted by atomic mass is 9.81. The number of benzene rings is 1. The molecule has 1 aromatic carbocycles. The molecule has 0 bridgehead atoms. The van der Waals surface area contributed by atoms with Crippen LogP contribution in [0.5, 0.6) is 5.75 Å². The van der Waals surface area contributed by atoms with Crippen LogP contribution >= 0.6 is 0 Å². The molecule has 21 heavy (non-hydrogen) atoms. The van der Waals surface area contributed by atoms with E-state index in [1.807, 2.05) is 24.3 Å². The SMILES string of the molecule is CC1(CNC(=O)C2COc3ccccc3C2)CCNCC1. The minimum Gasteiger partial charge on any atom is -0.492 e. The second-order valence-electron chi connectivity index (χ2n) is 6.60. The molecule has 1 unspecified atom stereocenters. The van der Waals surface area contributed by atoms with E-state index in [1.54, 1.807) is 0 Å². The highest BCUT2D eigenvalue weighted by atomic mass is 16.5. The molecule has 2 N–H and O–H groups in total. The average Bonchev–Trinajstić information content (AvgIpc) is 2.53. The average molecular weight is 288 g/mol. The first kappa shape index (κ1) is 14.4. The molecule has 4 heteroatoms. The van der Waals surface area contributed by atoms with Gasteiger partial charge in [0, 0.05) is 6.54 Å². The van der Waals surface area contributed by atoms with Gasteiger partial charge in [0.25, 0.3) is 0 Å². The molecular weight excluding hydrogens is 264 g/mol. The number of piperidine rings is 1. The Bertz CT molecular complexity index is 509. The second kappa shape index (κ2) is 6.06. The van der Waals surface area contributed by atoms with Crippen LogP contribution in [0, 0.1) is 11.3 Å². The smallest absolute Gasteiger partial charge is 0.226 e. The van der Waals surface area contributed by atoms with Gasteiger partial charge in [-0.05, 0) is 49.4 Å². The molecule has 1 amide bonds. The topological polar surface area (TPSA) is 50.4 Å². The molecule has 114 valence electrons. The number of para-hydroxylation sites is 1. The minimum absolute atomic E-state index is 0.0646. The molecule has 0 aromatic heterocycles. The van der Waals surface area contributed by atoms with Gasteiger partial charge in [-0.1, -0.05) is 25.1 Å². The monoisotopic (exact) mass is 288 g/mol. The molecule has 2 heterocycles. The van der Waals surface area contributed by atoms with Gasteiger partial charge < -0.3 is 15.4 Å². The number of ether oxygens (including phenoxy) is 1. The van der Waals surface area contributed by atoms with Crippen molar-refractivity contribution < 1.29 is 9.53 Å². The Labute approximate surface area is 126 Å². The molecule has 1 fully saturated rings. The van der Waals surface area contributed by atoms with Crippen molar-refractivity contribution in [2.45, 2.75) is 26.2 Å². The molecular formula is C17H24N2O2. The number of carbonyl (C=O) groups is 1. The van der Waals surface area contributed by atoms with E-state index < -0.39 is 0 Å². The first-order valence-corrected chi connectivity index (χ1v) is 7.85. The van der Waals surface area contributed by atoms with E-state index in [2.05, 4.69) is 17.6 Å². The fraction of sp³-hybridized carbons (Fsp3) is 0.588. The van der Waals surface area contributed by atoms with Crippen LogP contribution in [0.3, 0.4) is 0 Å². The van der Waals surface area contributed by atoms with Crippen LogP contribution in [0.1, 0.15) is 25.3 Å². The Morgan fingerprint density at radius 2 is 2.14 bits per heavy atom. The number of carbonyl (C=O) groups excluding carboxylic acids is 1. The molecule has 0 saturated carbocycles. The van der Waals surface area contributed by atoms with Crippen LogP contribution in [0.2, 0.25) is 0 Å². The van der Waals surface area contributed by atoms with E-state index in [9.17, 15) is 4.79 Å². The summed E-state index contributed by atoms with van der Waals surface area (Å²) in [7, 11) is 0. The predicted octanol–water partition coefficient (Wildman–Crippen LogP) is 1.74. The predicted molar refractivity (Wildman–Crippen MR) is 82.4 cm³/mol. The third-order valence-electron chi connectivity index (χ3n) is 4.75. The van der Waals surface area contributed by atoms with Gasteiger partial charge in [-0.2, -0.15) is 0 Å². The Morgan fingerprint density at radius 3 is 2.95 bits per heavy atom. The number of hydrogen-bond acceptors (Lipinski definition) is 3. The van der Waals surface area contributed by atoms with E-state index in [4.69, 9.17) is 4.74 Å². The van der Waals surface area contributed by atoms with Crippen molar-refractivity contribution in [3.8, 4) is 5.75 Å². The maximum absolute atomic E-state index is 12.4. The van der Waals surface area contributed by atoms with Crippen LogP contribution < -0.4 is 15.4 Å². The number of rotatable bonds is 3. The number of amides is 1. The number of nitrogens with one attached hydrogen (secondary N) is 2. The molecule has 1 saturated heterocycles. The first-order chi connectivity index (χ1) is 10.2. The van der Waals surface area contributed by atoms with E-state index in [1.165, 1.54) is 0 Å². The van der Waals surface area contributed by atoms with Gasteiger partial charge in [-0.25, -0.2) is 0 Å². The van der Waals surface area contributed by atoms with E-state index in [0.717, 1.165) is 50.2 Å². The molecule has 4 nitrogen and oxygen atoms in total. The Hall–Kier alpha value is -1.55. The highest BCUT2D eigenvalue weighted by Gasteiger charge is 2.30. The first-order valence-electron chi connectivity index (χ1n) is 7.85. The van der Waals surface area contributed by atoms with Crippen molar-refractivity contribution in [1.82, 2.24) is 10.6 Å². The Morgan fingerprint density at radius 1 is 1.38 bits per heavy atom. The lowest BCUT2D eigenvalue weighted by molar-refractivity contribution is -0.126. The fourth-order valence-electron chi connectivity index (χ4n) is 3.15. The molecule has 1 atom stereocenters. The van der Waals surface area contributed by atoms with Crippen LogP contribution in [0.4, 0.5) is 0 Å². The Balaban J connectivity index is 1.55. The molecule has 0 aliphatic carbocycles. The third-order valence-corrected chi connectivity index (χ3v) is 4.75. The van der Waals surface area contributed by atoms with Crippen molar-refractivity contribution in [2.24, 2.45) is 11.3 Å². The summed E-state index contributed by atoms with van der Waals surface area (Å²) in [6.07, 6.45) is 3.02. The van der Waals surface area contributed by atoms with Crippen molar-refractivity contribution in [3.05, 3.63) is 29.8 Å². The highest BCUT2D eigenvalue weighted by molar-refractivity contribution is 5.79. The maximum atomic E-state index is 12.4. The summed E-state index contributed by atoms with van der Waals surface area (Å²) in [5, 5.41) is 6.52. The molecule has 3 rings (SSSR count). The molecule has 1 aromatic rings. The summed E-state index contributed by atoms with van der Waals surface area (Å²) in [4.78, 5) is 12.4.